The quantitative estimate of drug-likeness (QED) is 0.753. The van der Waals surface area contributed by atoms with Gasteiger partial charge >= 0.3 is 0 Å². The first-order valence-electron chi connectivity index (χ1n) is 4.13. The predicted molar refractivity (Wildman–Crippen MR) is 52.7 cm³/mol. The Morgan fingerprint density at radius 2 is 2.08 bits per heavy atom. The van der Waals surface area contributed by atoms with E-state index in [0.29, 0.717) is 11.7 Å². The summed E-state index contributed by atoms with van der Waals surface area (Å²) in [7, 11) is 3.99. The average molecular weight is 203 g/mol. The lowest BCUT2D eigenvalue weighted by molar-refractivity contribution is 0.186. The van der Waals surface area contributed by atoms with Crippen LogP contribution in [-0.4, -0.2) is 34.2 Å². The van der Waals surface area contributed by atoms with Gasteiger partial charge in [0.05, 0.1) is 11.4 Å². The molecule has 1 rings (SSSR count). The second-order valence-electron chi connectivity index (χ2n) is 3.69. The average Bonchev–Trinajstić information content (AvgIpc) is 2.51. The monoisotopic (exact) mass is 202 g/mol. The minimum Gasteiger partial charge on any atom is -0.297 e. The van der Waals surface area contributed by atoms with Gasteiger partial charge in [0.25, 0.3) is 0 Å². The van der Waals surface area contributed by atoms with E-state index in [4.69, 9.17) is 11.6 Å². The topological polar surface area (TPSA) is 44.8 Å². The summed E-state index contributed by atoms with van der Waals surface area (Å²) in [5.41, 5.74) is -0.166. The van der Waals surface area contributed by atoms with Gasteiger partial charge in [0, 0.05) is 0 Å². The maximum Gasteiger partial charge on any atom is 0.170 e. The lowest BCUT2D eigenvalue weighted by Crippen LogP contribution is -2.36. The molecule has 1 aromatic heterocycles. The molecular formula is C8H15ClN4. The fourth-order valence-corrected chi connectivity index (χ4v) is 0.948. The number of nitrogens with zero attached hydrogens (tertiary/aromatic N) is 3. The van der Waals surface area contributed by atoms with Crippen LogP contribution in [0.25, 0.3) is 0 Å². The number of aromatic amines is 1. The number of hydrogen-bond donors (Lipinski definition) is 1. The molecule has 0 atom stereocenters. The molecule has 0 aliphatic heterocycles. The zero-order valence-corrected chi connectivity index (χ0v) is 9.18. The summed E-state index contributed by atoms with van der Waals surface area (Å²) in [6, 6.07) is 0. The summed E-state index contributed by atoms with van der Waals surface area (Å²) in [5.74, 6) is 1.86. The number of halogens is 1. The fraction of sp³-hybridized carbons (Fsp3) is 0.750. The number of rotatable bonds is 3. The third kappa shape index (κ3) is 2.00. The van der Waals surface area contributed by atoms with Crippen molar-refractivity contribution in [2.45, 2.75) is 25.3 Å². The van der Waals surface area contributed by atoms with Crippen LogP contribution < -0.4 is 0 Å². The van der Waals surface area contributed by atoms with Crippen LogP contribution in [0.2, 0.25) is 0 Å². The molecule has 1 aromatic rings. The van der Waals surface area contributed by atoms with E-state index in [1.165, 1.54) is 0 Å². The van der Waals surface area contributed by atoms with E-state index in [1.54, 1.807) is 0 Å². The van der Waals surface area contributed by atoms with Gasteiger partial charge in [-0.05, 0) is 27.9 Å². The van der Waals surface area contributed by atoms with Crippen LogP contribution in [0, 0.1) is 0 Å². The van der Waals surface area contributed by atoms with Gasteiger partial charge in [0.15, 0.2) is 5.82 Å². The van der Waals surface area contributed by atoms with Gasteiger partial charge in [-0.3, -0.25) is 10.00 Å². The highest BCUT2D eigenvalue weighted by molar-refractivity contribution is 6.16. The third-order valence-electron chi connectivity index (χ3n) is 2.32. The Morgan fingerprint density at radius 3 is 2.46 bits per heavy atom. The van der Waals surface area contributed by atoms with Gasteiger partial charge in [0.2, 0.25) is 0 Å². The Balaban J connectivity index is 2.93. The van der Waals surface area contributed by atoms with Crippen molar-refractivity contribution in [3.05, 3.63) is 11.6 Å². The molecule has 0 aliphatic carbocycles. The predicted octanol–water partition coefficient (Wildman–Crippen LogP) is 1.34. The van der Waals surface area contributed by atoms with Gasteiger partial charge < -0.3 is 0 Å². The number of aromatic nitrogens is 3. The zero-order chi connectivity index (χ0) is 10.1. The summed E-state index contributed by atoms with van der Waals surface area (Å²) < 4.78 is 0. The molecule has 0 bridgehead atoms. The molecule has 0 saturated heterocycles. The molecule has 5 heteroatoms. The normalized spacial score (nSPS) is 12.5. The van der Waals surface area contributed by atoms with Crippen LogP contribution in [0.15, 0.2) is 0 Å². The number of nitrogens with one attached hydrogen (secondary N) is 1. The second-order valence-corrected chi connectivity index (χ2v) is 3.96. The Labute approximate surface area is 83.3 Å². The maximum atomic E-state index is 5.62. The summed E-state index contributed by atoms with van der Waals surface area (Å²) in [6.07, 6.45) is 0. The first kappa shape index (κ1) is 10.5. The molecule has 1 heterocycles. The molecule has 0 spiro atoms. The van der Waals surface area contributed by atoms with Gasteiger partial charge in [0.1, 0.15) is 5.82 Å². The van der Waals surface area contributed by atoms with Crippen molar-refractivity contribution in [1.82, 2.24) is 20.1 Å². The summed E-state index contributed by atoms with van der Waals surface area (Å²) in [6.45, 7) is 4.13. The first-order chi connectivity index (χ1) is 5.98. The largest absolute Gasteiger partial charge is 0.297 e. The molecule has 13 heavy (non-hydrogen) atoms. The summed E-state index contributed by atoms with van der Waals surface area (Å²) in [4.78, 5) is 6.35. The Hall–Kier alpha value is -0.610. The highest BCUT2D eigenvalue weighted by Gasteiger charge is 2.27. The van der Waals surface area contributed by atoms with Gasteiger partial charge in [-0.25, -0.2) is 4.98 Å². The molecule has 0 amide bonds. The van der Waals surface area contributed by atoms with E-state index in [-0.39, 0.29) is 5.54 Å². The lowest BCUT2D eigenvalue weighted by Gasteiger charge is -2.29. The molecule has 0 unspecified atom stereocenters. The molecule has 0 saturated carbocycles. The van der Waals surface area contributed by atoms with Crippen LogP contribution in [0.4, 0.5) is 0 Å². The minimum absolute atomic E-state index is 0.166. The Kier molecular flexibility index (Phi) is 2.93. The molecule has 0 aliphatic rings. The van der Waals surface area contributed by atoms with Crippen LogP contribution in [0.3, 0.4) is 0 Å². The Morgan fingerprint density at radius 1 is 1.46 bits per heavy atom. The standard InChI is InChI=1S/C8H15ClN4/c1-8(2,13(3)4)7-10-6(5-9)11-12-7/h5H2,1-4H3,(H,10,11,12). The number of H-pyrrole nitrogens is 1. The van der Waals surface area contributed by atoms with Crippen molar-refractivity contribution in [3.8, 4) is 0 Å². The van der Waals surface area contributed by atoms with E-state index < -0.39 is 0 Å². The van der Waals surface area contributed by atoms with Crippen LogP contribution in [-0.2, 0) is 11.4 Å². The molecular weight excluding hydrogens is 188 g/mol. The second kappa shape index (κ2) is 3.64. The van der Waals surface area contributed by atoms with Gasteiger partial charge in [-0.15, -0.1) is 11.6 Å². The molecule has 0 aromatic carbocycles. The van der Waals surface area contributed by atoms with Crippen molar-refractivity contribution in [3.63, 3.8) is 0 Å². The maximum absolute atomic E-state index is 5.62. The van der Waals surface area contributed by atoms with Crippen LogP contribution in [0.1, 0.15) is 25.5 Å². The van der Waals surface area contributed by atoms with Crippen molar-refractivity contribution < 1.29 is 0 Å². The number of alkyl halides is 1. The minimum atomic E-state index is -0.166. The Bertz CT molecular complexity index is 279. The highest BCUT2D eigenvalue weighted by Crippen LogP contribution is 2.21. The van der Waals surface area contributed by atoms with Gasteiger partial charge in [-0.1, -0.05) is 0 Å². The summed E-state index contributed by atoms with van der Waals surface area (Å²) in [5, 5.41) is 6.91. The third-order valence-corrected chi connectivity index (χ3v) is 2.58. The van der Waals surface area contributed by atoms with Crippen molar-refractivity contribution in [2.24, 2.45) is 0 Å². The van der Waals surface area contributed by atoms with Crippen molar-refractivity contribution in [1.29, 1.82) is 0 Å². The number of hydrogen-bond acceptors (Lipinski definition) is 3. The van der Waals surface area contributed by atoms with Crippen molar-refractivity contribution in [2.75, 3.05) is 14.1 Å². The highest BCUT2D eigenvalue weighted by atomic mass is 35.5. The van der Waals surface area contributed by atoms with E-state index in [0.717, 1.165) is 5.82 Å². The zero-order valence-electron chi connectivity index (χ0n) is 8.43. The first-order valence-corrected chi connectivity index (χ1v) is 4.67. The molecule has 4 nitrogen and oxygen atoms in total. The van der Waals surface area contributed by atoms with Crippen LogP contribution >= 0.6 is 11.6 Å². The fourth-order valence-electron chi connectivity index (χ4n) is 0.829. The van der Waals surface area contributed by atoms with E-state index in [2.05, 4.69) is 33.9 Å². The SMILES string of the molecule is CN(C)C(C)(C)c1n[nH]c(CCl)n1. The van der Waals surface area contributed by atoms with Gasteiger partial charge in [-0.2, -0.15) is 5.10 Å². The van der Waals surface area contributed by atoms with E-state index in [1.807, 2.05) is 14.1 Å². The lowest BCUT2D eigenvalue weighted by atomic mass is 10.0. The van der Waals surface area contributed by atoms with Crippen molar-refractivity contribution >= 4 is 11.6 Å². The molecule has 74 valence electrons. The summed E-state index contributed by atoms with van der Waals surface area (Å²) >= 11 is 5.62. The van der Waals surface area contributed by atoms with E-state index >= 15 is 0 Å². The molecule has 0 radical (unpaired) electrons. The van der Waals surface area contributed by atoms with E-state index in [9.17, 15) is 0 Å². The smallest absolute Gasteiger partial charge is 0.170 e. The van der Waals surface area contributed by atoms with Crippen LogP contribution in [0.5, 0.6) is 0 Å². The molecule has 0 fully saturated rings. The molecule has 1 N–H and O–H groups in total.